The fourth-order valence-electron chi connectivity index (χ4n) is 2.30. The number of ether oxygens (including phenoxy) is 3. The number of carbonyl (C=O) groups is 1. The zero-order valence-corrected chi connectivity index (χ0v) is 12.7. The molecule has 116 valence electrons. The molecule has 1 heterocycles. The van der Waals surface area contributed by atoms with Crippen LogP contribution in [-0.2, 0) is 14.3 Å². The summed E-state index contributed by atoms with van der Waals surface area (Å²) >= 11 is 0. The van der Waals surface area contributed by atoms with Crippen molar-refractivity contribution in [3.63, 3.8) is 0 Å². The number of para-hydroxylation sites is 1. The second-order valence-corrected chi connectivity index (χ2v) is 5.27. The minimum absolute atomic E-state index is 0.0572. The zero-order valence-electron chi connectivity index (χ0n) is 12.7. The molecule has 0 radical (unpaired) electrons. The topological polar surface area (TPSA) is 48.0 Å². The van der Waals surface area contributed by atoms with Gasteiger partial charge in [0.1, 0.15) is 11.9 Å². The van der Waals surface area contributed by atoms with E-state index in [1.807, 2.05) is 38.1 Å². The van der Waals surface area contributed by atoms with Gasteiger partial charge in [0.15, 0.2) is 6.61 Å². The van der Waals surface area contributed by atoms with Crippen molar-refractivity contribution in [3.05, 3.63) is 29.8 Å². The normalized spacial score (nSPS) is 17.2. The summed E-state index contributed by atoms with van der Waals surface area (Å²) in [7, 11) is 0. The largest absolute Gasteiger partial charge is 0.482 e. The fourth-order valence-corrected chi connectivity index (χ4v) is 2.30. The van der Waals surface area contributed by atoms with Crippen LogP contribution in [0.25, 0.3) is 0 Å². The van der Waals surface area contributed by atoms with Gasteiger partial charge in [-0.25, -0.2) is 4.79 Å². The third-order valence-electron chi connectivity index (χ3n) is 3.39. The molecule has 1 saturated heterocycles. The molecule has 0 amide bonds. The third-order valence-corrected chi connectivity index (χ3v) is 3.39. The highest BCUT2D eigenvalue weighted by Gasteiger charge is 2.17. The van der Waals surface area contributed by atoms with Crippen molar-refractivity contribution in [2.24, 2.45) is 0 Å². The Hall–Kier alpha value is -1.59. The van der Waals surface area contributed by atoms with Crippen molar-refractivity contribution in [1.29, 1.82) is 0 Å². The number of esters is 1. The van der Waals surface area contributed by atoms with Crippen molar-refractivity contribution >= 4 is 5.97 Å². The van der Waals surface area contributed by atoms with Gasteiger partial charge < -0.3 is 14.2 Å². The summed E-state index contributed by atoms with van der Waals surface area (Å²) in [6.07, 6.45) is -0.143. The van der Waals surface area contributed by atoms with Crippen LogP contribution in [0.2, 0.25) is 0 Å². The monoisotopic (exact) mass is 293 g/mol. The Bertz CT molecular complexity index is 457. The SMILES string of the molecule is Cc1ccccc1OCC(=O)O[C@H](C)CN1CCOCC1. The maximum Gasteiger partial charge on any atom is 0.344 e. The molecule has 1 aromatic rings. The summed E-state index contributed by atoms with van der Waals surface area (Å²) in [4.78, 5) is 14.0. The number of nitrogens with zero attached hydrogens (tertiary/aromatic N) is 1. The van der Waals surface area contributed by atoms with E-state index in [0.717, 1.165) is 44.2 Å². The lowest BCUT2D eigenvalue weighted by Crippen LogP contribution is -2.41. The van der Waals surface area contributed by atoms with E-state index in [0.29, 0.717) is 0 Å². The quantitative estimate of drug-likeness (QED) is 0.746. The van der Waals surface area contributed by atoms with E-state index in [-0.39, 0.29) is 18.7 Å². The number of morpholine rings is 1. The Morgan fingerprint density at radius 1 is 1.33 bits per heavy atom. The molecule has 2 rings (SSSR count). The molecule has 0 spiro atoms. The van der Waals surface area contributed by atoms with Crippen LogP contribution < -0.4 is 4.74 Å². The highest BCUT2D eigenvalue weighted by molar-refractivity contribution is 5.71. The minimum atomic E-state index is -0.334. The summed E-state index contributed by atoms with van der Waals surface area (Å²) in [5, 5.41) is 0. The molecular weight excluding hydrogens is 270 g/mol. The van der Waals surface area contributed by atoms with E-state index in [9.17, 15) is 4.79 Å². The van der Waals surface area contributed by atoms with Gasteiger partial charge in [0.2, 0.25) is 0 Å². The maximum absolute atomic E-state index is 11.8. The van der Waals surface area contributed by atoms with E-state index in [1.165, 1.54) is 0 Å². The lowest BCUT2D eigenvalue weighted by atomic mass is 10.2. The molecule has 0 unspecified atom stereocenters. The van der Waals surface area contributed by atoms with E-state index in [1.54, 1.807) is 0 Å². The van der Waals surface area contributed by atoms with E-state index in [4.69, 9.17) is 14.2 Å². The number of carbonyl (C=O) groups excluding carboxylic acids is 1. The lowest BCUT2D eigenvalue weighted by molar-refractivity contribution is -0.151. The molecule has 0 N–H and O–H groups in total. The first-order valence-electron chi connectivity index (χ1n) is 7.33. The fraction of sp³-hybridized carbons (Fsp3) is 0.562. The van der Waals surface area contributed by atoms with Gasteiger partial charge in [-0.15, -0.1) is 0 Å². The predicted molar refractivity (Wildman–Crippen MR) is 79.5 cm³/mol. The summed E-state index contributed by atoms with van der Waals surface area (Å²) in [5.41, 5.74) is 1.01. The maximum atomic E-state index is 11.8. The summed E-state index contributed by atoms with van der Waals surface area (Å²) in [5.74, 6) is 0.384. The van der Waals surface area contributed by atoms with Gasteiger partial charge in [0.25, 0.3) is 0 Å². The van der Waals surface area contributed by atoms with Crippen LogP contribution in [0.15, 0.2) is 24.3 Å². The molecule has 21 heavy (non-hydrogen) atoms. The van der Waals surface area contributed by atoms with Crippen LogP contribution in [0.3, 0.4) is 0 Å². The van der Waals surface area contributed by atoms with E-state index < -0.39 is 0 Å². The summed E-state index contributed by atoms with van der Waals surface area (Å²) in [6, 6.07) is 7.61. The lowest BCUT2D eigenvalue weighted by Gasteiger charge is -2.28. The first-order chi connectivity index (χ1) is 10.1. The minimum Gasteiger partial charge on any atom is -0.482 e. The van der Waals surface area contributed by atoms with Crippen LogP contribution in [-0.4, -0.2) is 56.4 Å². The molecule has 1 aliphatic rings. The summed E-state index contributed by atoms with van der Waals surface area (Å²) < 4.78 is 16.1. The van der Waals surface area contributed by atoms with Gasteiger partial charge in [0, 0.05) is 19.6 Å². The Morgan fingerprint density at radius 2 is 2.05 bits per heavy atom. The molecule has 0 aromatic heterocycles. The van der Waals surface area contributed by atoms with Crippen molar-refractivity contribution < 1.29 is 19.0 Å². The molecule has 5 nitrogen and oxygen atoms in total. The highest BCUT2D eigenvalue weighted by Crippen LogP contribution is 2.16. The second kappa shape index (κ2) is 8.00. The number of aryl methyl sites for hydroxylation is 1. The van der Waals surface area contributed by atoms with Crippen molar-refractivity contribution in [3.8, 4) is 5.75 Å². The van der Waals surface area contributed by atoms with Crippen LogP contribution in [0.1, 0.15) is 12.5 Å². The smallest absolute Gasteiger partial charge is 0.344 e. The number of hydrogen-bond donors (Lipinski definition) is 0. The summed E-state index contributed by atoms with van der Waals surface area (Å²) in [6.45, 7) is 7.80. The Morgan fingerprint density at radius 3 is 2.76 bits per heavy atom. The van der Waals surface area contributed by atoms with Gasteiger partial charge in [0.05, 0.1) is 13.2 Å². The third kappa shape index (κ3) is 5.36. The van der Waals surface area contributed by atoms with Crippen LogP contribution >= 0.6 is 0 Å². The number of hydrogen-bond acceptors (Lipinski definition) is 5. The van der Waals surface area contributed by atoms with Gasteiger partial charge in [-0.05, 0) is 25.5 Å². The molecular formula is C16H23NO4. The average molecular weight is 293 g/mol. The van der Waals surface area contributed by atoms with Crippen LogP contribution in [0.4, 0.5) is 0 Å². The zero-order chi connectivity index (χ0) is 15.1. The second-order valence-electron chi connectivity index (χ2n) is 5.27. The molecule has 1 aliphatic heterocycles. The highest BCUT2D eigenvalue weighted by atomic mass is 16.6. The number of rotatable bonds is 6. The first kappa shape index (κ1) is 15.8. The molecule has 1 fully saturated rings. The molecule has 1 atom stereocenters. The van der Waals surface area contributed by atoms with Gasteiger partial charge in [-0.2, -0.15) is 0 Å². The van der Waals surface area contributed by atoms with Gasteiger partial charge in [-0.1, -0.05) is 18.2 Å². The molecule has 0 bridgehead atoms. The molecule has 0 aliphatic carbocycles. The van der Waals surface area contributed by atoms with Gasteiger partial charge in [-0.3, -0.25) is 4.90 Å². The molecule has 1 aromatic carbocycles. The van der Waals surface area contributed by atoms with Crippen molar-refractivity contribution in [2.45, 2.75) is 20.0 Å². The average Bonchev–Trinajstić information content (AvgIpc) is 2.47. The Balaban J connectivity index is 1.70. The first-order valence-corrected chi connectivity index (χ1v) is 7.33. The van der Waals surface area contributed by atoms with E-state index in [2.05, 4.69) is 4.90 Å². The standard InChI is InChI=1S/C16H23NO4/c1-13-5-3-4-6-15(13)20-12-16(18)21-14(2)11-17-7-9-19-10-8-17/h3-6,14H,7-12H2,1-2H3/t14-/m1/s1. The number of benzene rings is 1. The van der Waals surface area contributed by atoms with Crippen molar-refractivity contribution in [2.75, 3.05) is 39.5 Å². The Kier molecular flexibility index (Phi) is 6.02. The molecule has 5 heteroatoms. The van der Waals surface area contributed by atoms with E-state index >= 15 is 0 Å². The van der Waals surface area contributed by atoms with Crippen molar-refractivity contribution in [1.82, 2.24) is 4.90 Å². The predicted octanol–water partition coefficient (Wildman–Crippen LogP) is 1.64. The van der Waals surface area contributed by atoms with Crippen LogP contribution in [0, 0.1) is 6.92 Å². The molecule has 0 saturated carbocycles. The Labute approximate surface area is 125 Å². The van der Waals surface area contributed by atoms with Crippen LogP contribution in [0.5, 0.6) is 5.75 Å². The van der Waals surface area contributed by atoms with Gasteiger partial charge >= 0.3 is 5.97 Å².